The number of halogens is 3. The number of rotatable bonds is 4. The van der Waals surface area contributed by atoms with Crippen LogP contribution in [0.15, 0.2) is 30.3 Å². The second kappa shape index (κ2) is 6.90. The highest BCUT2D eigenvalue weighted by atomic mass is 32.2. The van der Waals surface area contributed by atoms with Crippen molar-refractivity contribution in [3.05, 3.63) is 35.9 Å². The molecular weight excluding hydrogens is 337 g/mol. The van der Waals surface area contributed by atoms with Gasteiger partial charge in [-0.15, -0.1) is 13.2 Å². The average molecular weight is 352 g/mol. The highest BCUT2D eigenvalue weighted by molar-refractivity contribution is 7.91. The Labute approximate surface area is 131 Å². The molecule has 1 heterocycles. The molecule has 0 bridgehead atoms. The molecule has 23 heavy (non-hydrogen) atoms. The third-order valence-electron chi connectivity index (χ3n) is 3.06. The van der Waals surface area contributed by atoms with Crippen LogP contribution in [0.2, 0.25) is 0 Å². The summed E-state index contributed by atoms with van der Waals surface area (Å²) in [6.45, 7) is 0.0679. The molecule has 0 amide bonds. The molecule has 1 fully saturated rings. The molecule has 1 saturated heterocycles. The predicted octanol–water partition coefficient (Wildman–Crippen LogP) is 2.38. The smallest absolute Gasteiger partial charge is 0.406 e. The molecule has 2 rings (SSSR count). The Balaban J connectivity index is 1.89. The average Bonchev–Trinajstić information content (AvgIpc) is 2.44. The quantitative estimate of drug-likeness (QED) is 0.833. The Hall–Kier alpha value is -1.58. The summed E-state index contributed by atoms with van der Waals surface area (Å²) in [6.07, 6.45) is -1.15. The molecule has 9 heteroatoms. The number of hydrogen-bond donors (Lipinski definition) is 0. The molecule has 1 aromatic rings. The first kappa shape index (κ1) is 17.8. The molecule has 1 aliphatic heterocycles. The van der Waals surface area contributed by atoms with Crippen molar-refractivity contribution in [1.82, 2.24) is 0 Å². The van der Waals surface area contributed by atoms with E-state index in [0.717, 1.165) is 6.26 Å². The molecule has 0 atom stereocenters. The zero-order valence-electron chi connectivity index (χ0n) is 12.1. The first-order valence-electron chi connectivity index (χ1n) is 6.59. The lowest BCUT2D eigenvalue weighted by atomic mass is 10.2. The Morgan fingerprint density at radius 1 is 1.17 bits per heavy atom. The topological polar surface area (TPSA) is 61.8 Å². The van der Waals surface area contributed by atoms with Gasteiger partial charge in [0.25, 0.3) is 0 Å². The third-order valence-corrected chi connectivity index (χ3v) is 4.54. The summed E-state index contributed by atoms with van der Waals surface area (Å²) in [4.78, 5) is 0. The lowest BCUT2D eigenvalue weighted by Gasteiger charge is -2.26. The number of ether oxygens (including phenoxy) is 3. The monoisotopic (exact) mass is 352 g/mol. The minimum atomic E-state index is -4.72. The van der Waals surface area contributed by atoms with E-state index in [1.807, 2.05) is 0 Å². The maximum atomic E-state index is 12.0. The third kappa shape index (κ3) is 5.85. The van der Waals surface area contributed by atoms with E-state index in [1.165, 1.54) is 24.3 Å². The fourth-order valence-electron chi connectivity index (χ4n) is 1.83. The summed E-state index contributed by atoms with van der Waals surface area (Å²) in [7, 11) is -3.22. The highest BCUT2D eigenvalue weighted by Gasteiger charge is 2.31. The van der Waals surface area contributed by atoms with E-state index >= 15 is 0 Å². The van der Waals surface area contributed by atoms with Crippen molar-refractivity contribution in [2.75, 3.05) is 19.5 Å². The van der Waals surface area contributed by atoms with Crippen molar-refractivity contribution >= 4 is 15.9 Å². The fourth-order valence-corrected chi connectivity index (χ4v) is 2.48. The molecule has 1 aliphatic rings. The van der Waals surface area contributed by atoms with Gasteiger partial charge in [-0.3, -0.25) is 0 Å². The van der Waals surface area contributed by atoms with Crippen LogP contribution in [0.1, 0.15) is 5.56 Å². The van der Waals surface area contributed by atoms with E-state index in [9.17, 15) is 21.6 Å². The first-order valence-corrected chi connectivity index (χ1v) is 8.55. The van der Waals surface area contributed by atoms with Gasteiger partial charge in [0.2, 0.25) is 0 Å². The van der Waals surface area contributed by atoms with Gasteiger partial charge in [-0.1, -0.05) is 18.2 Å². The summed E-state index contributed by atoms with van der Waals surface area (Å²) in [5, 5.41) is -0.689. The van der Waals surface area contributed by atoms with Crippen molar-refractivity contribution in [2.45, 2.75) is 17.9 Å². The maximum Gasteiger partial charge on any atom is 0.573 e. The molecule has 0 unspecified atom stereocenters. The second-order valence-electron chi connectivity index (χ2n) is 4.96. The Bertz CT molecular complexity index is 644. The zero-order chi connectivity index (χ0) is 17.1. The Morgan fingerprint density at radius 2 is 1.74 bits per heavy atom. The van der Waals surface area contributed by atoms with Crippen molar-refractivity contribution < 1.29 is 35.8 Å². The van der Waals surface area contributed by atoms with Gasteiger partial charge in [0.15, 0.2) is 16.1 Å². The SMILES string of the molecule is CS(=O)(=O)C1COC(C=Cc2ccc(OC(F)(F)F)cc2)OC1. The molecular formula is C14H15F3O5S. The van der Waals surface area contributed by atoms with Crippen LogP contribution in [0, 0.1) is 0 Å². The lowest BCUT2D eigenvalue weighted by Crippen LogP contribution is -2.39. The van der Waals surface area contributed by atoms with Crippen molar-refractivity contribution in [3.63, 3.8) is 0 Å². The largest absolute Gasteiger partial charge is 0.573 e. The summed E-state index contributed by atoms with van der Waals surface area (Å²) >= 11 is 0. The highest BCUT2D eigenvalue weighted by Crippen LogP contribution is 2.23. The Morgan fingerprint density at radius 3 is 2.22 bits per heavy atom. The first-order chi connectivity index (χ1) is 10.6. The molecule has 5 nitrogen and oxygen atoms in total. The molecule has 0 N–H and O–H groups in total. The van der Waals surface area contributed by atoms with Crippen LogP contribution in [0.5, 0.6) is 5.75 Å². The predicted molar refractivity (Wildman–Crippen MR) is 76.5 cm³/mol. The van der Waals surface area contributed by atoms with Crippen molar-refractivity contribution in [3.8, 4) is 5.75 Å². The minimum absolute atomic E-state index is 0.0339. The fraction of sp³-hybridized carbons (Fsp3) is 0.429. The van der Waals surface area contributed by atoms with Crippen molar-refractivity contribution in [2.24, 2.45) is 0 Å². The van der Waals surface area contributed by atoms with Gasteiger partial charge < -0.3 is 14.2 Å². The van der Waals surface area contributed by atoms with Gasteiger partial charge in [0.1, 0.15) is 11.0 Å². The van der Waals surface area contributed by atoms with E-state index in [1.54, 1.807) is 12.2 Å². The van der Waals surface area contributed by atoms with Crippen LogP contribution in [0.4, 0.5) is 13.2 Å². The minimum Gasteiger partial charge on any atom is -0.406 e. The van der Waals surface area contributed by atoms with Crippen molar-refractivity contribution in [1.29, 1.82) is 0 Å². The molecule has 1 aromatic carbocycles. The summed E-state index contributed by atoms with van der Waals surface area (Å²) in [5.74, 6) is -0.309. The molecule has 0 radical (unpaired) electrons. The molecule has 0 spiro atoms. The van der Waals surface area contributed by atoms with Crippen LogP contribution in [0.3, 0.4) is 0 Å². The van der Waals surface area contributed by atoms with Gasteiger partial charge in [-0.25, -0.2) is 8.42 Å². The second-order valence-corrected chi connectivity index (χ2v) is 7.29. The Kier molecular flexibility index (Phi) is 5.33. The maximum absolute atomic E-state index is 12.0. The van der Waals surface area contributed by atoms with Crippen LogP contribution >= 0.6 is 0 Å². The van der Waals surface area contributed by atoms with Gasteiger partial charge in [-0.2, -0.15) is 0 Å². The van der Waals surface area contributed by atoms with Gasteiger partial charge in [0.05, 0.1) is 13.2 Å². The van der Waals surface area contributed by atoms with Crippen LogP contribution in [0.25, 0.3) is 6.08 Å². The van der Waals surface area contributed by atoms with E-state index in [4.69, 9.17) is 9.47 Å². The van der Waals surface area contributed by atoms with Gasteiger partial charge in [-0.05, 0) is 23.8 Å². The summed E-state index contributed by atoms with van der Waals surface area (Å²) in [6, 6.07) is 5.27. The number of hydrogen-bond acceptors (Lipinski definition) is 5. The number of benzene rings is 1. The molecule has 0 saturated carbocycles. The standard InChI is InChI=1S/C14H15F3O5S/c1-23(18,19)12-8-20-13(21-9-12)7-4-10-2-5-11(6-3-10)22-14(15,16)17/h2-7,12-13H,8-9H2,1H3. The van der Waals surface area contributed by atoms with Gasteiger partial charge >= 0.3 is 6.36 Å². The lowest BCUT2D eigenvalue weighted by molar-refractivity contribution is -0.274. The van der Waals surface area contributed by atoms with Gasteiger partial charge in [0, 0.05) is 6.26 Å². The molecule has 0 aromatic heterocycles. The number of sulfone groups is 1. The van der Waals surface area contributed by atoms with E-state index in [2.05, 4.69) is 4.74 Å². The summed E-state index contributed by atoms with van der Waals surface area (Å²) in [5.41, 5.74) is 0.622. The summed E-state index contributed by atoms with van der Waals surface area (Å²) < 4.78 is 73.1. The van der Waals surface area contributed by atoms with Crippen LogP contribution in [-0.2, 0) is 19.3 Å². The zero-order valence-corrected chi connectivity index (χ0v) is 12.9. The van der Waals surface area contributed by atoms with Crippen LogP contribution < -0.4 is 4.74 Å². The molecule has 128 valence electrons. The normalized spacial score (nSPS) is 23.1. The van der Waals surface area contributed by atoms with E-state index in [-0.39, 0.29) is 19.0 Å². The van der Waals surface area contributed by atoms with Crippen LogP contribution in [-0.4, -0.2) is 45.8 Å². The molecule has 0 aliphatic carbocycles. The van der Waals surface area contributed by atoms with E-state index in [0.29, 0.717) is 5.56 Å². The number of alkyl halides is 3. The van der Waals surface area contributed by atoms with E-state index < -0.39 is 27.7 Å².